The molecule has 0 aliphatic rings. The number of halogens is 1. The molecular weight excluding hydrogens is 397 g/mol. The van der Waals surface area contributed by atoms with Crippen LogP contribution in [0.25, 0.3) is 0 Å². The van der Waals surface area contributed by atoms with E-state index >= 15 is 0 Å². The summed E-state index contributed by atoms with van der Waals surface area (Å²) >= 11 is 0. The summed E-state index contributed by atoms with van der Waals surface area (Å²) in [4.78, 5) is 23.6. The van der Waals surface area contributed by atoms with Gasteiger partial charge in [0.05, 0.1) is 17.1 Å². The summed E-state index contributed by atoms with van der Waals surface area (Å²) in [6, 6.07) is 11.7. The first-order chi connectivity index (χ1) is 13.7. The second-order valence-electron chi connectivity index (χ2n) is 6.66. The number of ether oxygens (including phenoxy) is 1. The molecule has 2 aromatic carbocycles. The Morgan fingerprint density at radius 2 is 1.69 bits per heavy atom. The van der Waals surface area contributed by atoms with Gasteiger partial charge in [-0.1, -0.05) is 26.0 Å². The van der Waals surface area contributed by atoms with Crippen molar-refractivity contribution in [2.45, 2.75) is 37.5 Å². The zero-order chi connectivity index (χ0) is 21.4. The second-order valence-corrected chi connectivity index (χ2v) is 8.77. The Morgan fingerprint density at radius 1 is 1.07 bits per heavy atom. The van der Waals surface area contributed by atoms with Crippen molar-refractivity contribution in [2.24, 2.45) is 0 Å². The van der Waals surface area contributed by atoms with Gasteiger partial charge >= 0.3 is 5.97 Å². The van der Waals surface area contributed by atoms with Gasteiger partial charge in [0.2, 0.25) is 0 Å². The maximum Gasteiger partial charge on any atom is 0.307 e. The molecule has 0 saturated carbocycles. The molecule has 2 aromatic rings. The lowest BCUT2D eigenvalue weighted by Crippen LogP contribution is -2.22. The Kier molecular flexibility index (Phi) is 7.90. The molecule has 0 spiro atoms. The van der Waals surface area contributed by atoms with Crippen LogP contribution in [-0.4, -0.2) is 32.7 Å². The summed E-state index contributed by atoms with van der Waals surface area (Å²) in [7, 11) is -3.74. The number of rotatable bonds is 9. The molecule has 0 aliphatic carbocycles. The fraction of sp³-hybridized carbons (Fsp3) is 0.333. The molecule has 8 heteroatoms. The largest absolute Gasteiger partial charge is 0.456 e. The molecule has 1 amide bonds. The minimum atomic E-state index is -3.74. The smallest absolute Gasteiger partial charge is 0.307 e. The van der Waals surface area contributed by atoms with E-state index in [-0.39, 0.29) is 4.90 Å². The molecule has 0 aliphatic heterocycles. The van der Waals surface area contributed by atoms with E-state index in [2.05, 4.69) is 19.2 Å². The Labute approximate surface area is 170 Å². The zero-order valence-corrected chi connectivity index (χ0v) is 17.2. The highest BCUT2D eigenvalue weighted by molar-refractivity contribution is 7.91. The van der Waals surface area contributed by atoms with Crippen molar-refractivity contribution in [1.29, 1.82) is 0 Å². The predicted molar refractivity (Wildman–Crippen MR) is 108 cm³/mol. The average Bonchev–Trinajstić information content (AvgIpc) is 2.71. The molecule has 0 bridgehead atoms. The fourth-order valence-corrected chi connectivity index (χ4v) is 3.75. The van der Waals surface area contributed by atoms with Gasteiger partial charge in [0.25, 0.3) is 5.91 Å². The van der Waals surface area contributed by atoms with Gasteiger partial charge in [-0.15, -0.1) is 0 Å². The molecule has 0 heterocycles. The summed E-state index contributed by atoms with van der Waals surface area (Å²) < 4.78 is 41.9. The fourth-order valence-electron chi connectivity index (χ4n) is 2.52. The Morgan fingerprint density at radius 3 is 2.28 bits per heavy atom. The second kappa shape index (κ2) is 10.2. The van der Waals surface area contributed by atoms with Crippen LogP contribution >= 0.6 is 0 Å². The van der Waals surface area contributed by atoms with Crippen LogP contribution in [0, 0.1) is 5.82 Å². The van der Waals surface area contributed by atoms with Crippen molar-refractivity contribution in [3.63, 3.8) is 0 Å². The van der Waals surface area contributed by atoms with Crippen LogP contribution < -0.4 is 5.32 Å². The van der Waals surface area contributed by atoms with Gasteiger partial charge in [-0.05, 0) is 54.3 Å². The first-order valence-electron chi connectivity index (χ1n) is 9.25. The monoisotopic (exact) mass is 421 g/mol. The van der Waals surface area contributed by atoms with E-state index < -0.39 is 46.3 Å². The van der Waals surface area contributed by atoms with Crippen molar-refractivity contribution in [1.82, 2.24) is 0 Å². The topological polar surface area (TPSA) is 89.5 Å². The molecule has 0 aromatic heterocycles. The summed E-state index contributed by atoms with van der Waals surface area (Å²) in [5.41, 5.74) is 1.75. The minimum Gasteiger partial charge on any atom is -0.456 e. The highest BCUT2D eigenvalue weighted by Crippen LogP contribution is 2.20. The van der Waals surface area contributed by atoms with Crippen molar-refractivity contribution >= 4 is 27.4 Å². The Balaban J connectivity index is 1.78. The Hall–Kier alpha value is -2.74. The average molecular weight is 421 g/mol. The van der Waals surface area contributed by atoms with E-state index in [1.165, 1.54) is 5.56 Å². The van der Waals surface area contributed by atoms with E-state index in [0.29, 0.717) is 11.6 Å². The quantitative estimate of drug-likeness (QED) is 0.493. The van der Waals surface area contributed by atoms with Crippen molar-refractivity contribution < 1.29 is 27.1 Å². The number of carbonyl (C=O) groups excluding carboxylic acids is 2. The van der Waals surface area contributed by atoms with Crippen LogP contribution in [0.5, 0.6) is 0 Å². The molecule has 156 valence electrons. The molecule has 29 heavy (non-hydrogen) atoms. The van der Waals surface area contributed by atoms with Gasteiger partial charge < -0.3 is 10.1 Å². The summed E-state index contributed by atoms with van der Waals surface area (Å²) in [6.45, 7) is 3.70. The molecule has 1 N–H and O–H groups in total. The van der Waals surface area contributed by atoms with Gasteiger partial charge in [0.15, 0.2) is 16.4 Å². The van der Waals surface area contributed by atoms with E-state index in [4.69, 9.17) is 4.74 Å². The van der Waals surface area contributed by atoms with Gasteiger partial charge in [-0.3, -0.25) is 9.59 Å². The summed E-state index contributed by atoms with van der Waals surface area (Å²) in [5, 5.41) is 2.61. The molecule has 1 atom stereocenters. The summed E-state index contributed by atoms with van der Waals surface area (Å²) in [6.07, 6.45) is 0.606. The standard InChI is InChI=1S/C21H24FNO5S/c1-3-15(2)16-4-8-18(9-5-16)23-20(24)14-28-21(25)12-13-29(26,27)19-10-6-17(22)7-11-19/h4-11,15H,3,12-14H2,1-2H3,(H,23,24)/t15-/m0/s1. The van der Waals surface area contributed by atoms with Crippen LogP contribution in [0.1, 0.15) is 38.2 Å². The van der Waals surface area contributed by atoms with Gasteiger partial charge in [-0.2, -0.15) is 0 Å². The molecular formula is C21H24FNO5S. The number of esters is 1. The molecule has 0 radical (unpaired) electrons. The van der Waals surface area contributed by atoms with Gasteiger partial charge in [-0.25, -0.2) is 12.8 Å². The lowest BCUT2D eigenvalue weighted by Gasteiger charge is -2.11. The zero-order valence-electron chi connectivity index (χ0n) is 16.4. The lowest BCUT2D eigenvalue weighted by atomic mass is 9.99. The number of anilines is 1. The lowest BCUT2D eigenvalue weighted by molar-refractivity contribution is -0.146. The first-order valence-corrected chi connectivity index (χ1v) is 10.9. The van der Waals surface area contributed by atoms with Crippen molar-refractivity contribution in [3.05, 3.63) is 59.9 Å². The predicted octanol–water partition coefficient (Wildman–Crippen LogP) is 3.68. The first kappa shape index (κ1) is 22.5. The Bertz CT molecular complexity index is 940. The molecule has 0 unspecified atom stereocenters. The van der Waals surface area contributed by atoms with E-state index in [0.717, 1.165) is 30.7 Å². The number of sulfone groups is 1. The maximum absolute atomic E-state index is 12.9. The minimum absolute atomic E-state index is 0.0784. The number of amides is 1. The van der Waals surface area contributed by atoms with Crippen LogP contribution in [-0.2, 0) is 24.2 Å². The third-order valence-corrected chi connectivity index (χ3v) is 6.22. The summed E-state index contributed by atoms with van der Waals surface area (Å²) in [5.74, 6) is -1.94. The van der Waals surface area contributed by atoms with Crippen molar-refractivity contribution in [3.8, 4) is 0 Å². The number of nitrogens with one attached hydrogen (secondary N) is 1. The molecule has 0 saturated heterocycles. The van der Waals surface area contributed by atoms with E-state index in [9.17, 15) is 22.4 Å². The number of carbonyl (C=O) groups is 2. The van der Waals surface area contributed by atoms with Crippen LogP contribution in [0.2, 0.25) is 0 Å². The normalized spacial score (nSPS) is 12.2. The highest BCUT2D eigenvalue weighted by atomic mass is 32.2. The third kappa shape index (κ3) is 6.98. The SMILES string of the molecule is CC[C@H](C)c1ccc(NC(=O)COC(=O)CCS(=O)(=O)c2ccc(F)cc2)cc1. The number of hydrogen-bond acceptors (Lipinski definition) is 5. The van der Waals surface area contributed by atoms with Crippen molar-refractivity contribution in [2.75, 3.05) is 17.7 Å². The van der Waals surface area contributed by atoms with E-state index in [1.54, 1.807) is 12.1 Å². The number of benzene rings is 2. The van der Waals surface area contributed by atoms with E-state index in [1.807, 2.05) is 12.1 Å². The molecule has 2 rings (SSSR count). The van der Waals surface area contributed by atoms with Gasteiger partial charge in [0.1, 0.15) is 5.82 Å². The number of hydrogen-bond donors (Lipinski definition) is 1. The maximum atomic E-state index is 12.9. The highest BCUT2D eigenvalue weighted by Gasteiger charge is 2.18. The van der Waals surface area contributed by atoms with Crippen LogP contribution in [0.15, 0.2) is 53.4 Å². The molecule has 6 nitrogen and oxygen atoms in total. The third-order valence-electron chi connectivity index (χ3n) is 4.49. The van der Waals surface area contributed by atoms with Gasteiger partial charge in [0, 0.05) is 5.69 Å². The van der Waals surface area contributed by atoms with Crippen LogP contribution in [0.4, 0.5) is 10.1 Å². The molecule has 0 fully saturated rings. The van der Waals surface area contributed by atoms with Crippen LogP contribution in [0.3, 0.4) is 0 Å².